The molecule has 0 saturated carbocycles. The third-order valence-electron chi connectivity index (χ3n) is 3.55. The highest BCUT2D eigenvalue weighted by atomic mass is 19.1. The van der Waals surface area contributed by atoms with Crippen molar-refractivity contribution in [2.45, 2.75) is 18.9 Å². The van der Waals surface area contributed by atoms with Crippen LogP contribution < -0.4 is 10.1 Å². The summed E-state index contributed by atoms with van der Waals surface area (Å²) in [5.74, 6) is 0.388. The third kappa shape index (κ3) is 3.21. The van der Waals surface area contributed by atoms with Crippen LogP contribution in [-0.4, -0.2) is 12.5 Å². The average molecular weight is 285 g/mol. The normalized spacial score (nSPS) is 16.7. The second-order valence-electron chi connectivity index (χ2n) is 5.10. The van der Waals surface area contributed by atoms with Crippen LogP contribution in [0.3, 0.4) is 0 Å². The molecule has 0 radical (unpaired) electrons. The first-order chi connectivity index (χ1) is 10.2. The lowest BCUT2D eigenvalue weighted by molar-refractivity contribution is -0.121. The van der Waals surface area contributed by atoms with Crippen LogP contribution in [0, 0.1) is 5.82 Å². The van der Waals surface area contributed by atoms with E-state index in [9.17, 15) is 9.18 Å². The molecule has 3 nitrogen and oxygen atoms in total. The monoisotopic (exact) mass is 285 g/mol. The maximum absolute atomic E-state index is 13.1. The molecule has 21 heavy (non-hydrogen) atoms. The molecule has 1 amide bonds. The van der Waals surface area contributed by atoms with Crippen molar-refractivity contribution in [1.82, 2.24) is 5.32 Å². The van der Waals surface area contributed by atoms with Crippen LogP contribution in [0.1, 0.15) is 23.6 Å². The van der Waals surface area contributed by atoms with Gasteiger partial charge in [-0.25, -0.2) is 4.39 Å². The quantitative estimate of drug-likeness (QED) is 0.941. The fourth-order valence-corrected chi connectivity index (χ4v) is 2.57. The number of para-hydroxylation sites is 1. The zero-order valence-electron chi connectivity index (χ0n) is 11.5. The number of ether oxygens (including phenoxy) is 1. The van der Waals surface area contributed by atoms with Gasteiger partial charge in [-0.05, 0) is 23.8 Å². The number of benzene rings is 2. The number of hydrogen-bond donors (Lipinski definition) is 1. The van der Waals surface area contributed by atoms with E-state index in [0.717, 1.165) is 17.7 Å². The van der Waals surface area contributed by atoms with E-state index in [2.05, 4.69) is 5.32 Å². The first-order valence-corrected chi connectivity index (χ1v) is 6.98. The van der Waals surface area contributed by atoms with Gasteiger partial charge in [-0.2, -0.15) is 0 Å². The summed E-state index contributed by atoms with van der Waals surface area (Å²) in [5, 5.41) is 3.00. The summed E-state index contributed by atoms with van der Waals surface area (Å²) in [6.45, 7) is 0.585. The van der Waals surface area contributed by atoms with Crippen molar-refractivity contribution in [3.05, 3.63) is 65.5 Å². The van der Waals surface area contributed by atoms with Crippen LogP contribution in [0.15, 0.2) is 48.5 Å². The van der Waals surface area contributed by atoms with Gasteiger partial charge in [0.25, 0.3) is 0 Å². The minimum absolute atomic E-state index is 0.0454. The summed E-state index contributed by atoms with van der Waals surface area (Å²) in [6.07, 6.45) is 0.920. The maximum atomic E-state index is 13.1. The molecule has 1 N–H and O–H groups in total. The van der Waals surface area contributed by atoms with Crippen molar-refractivity contribution in [2.24, 2.45) is 0 Å². The van der Waals surface area contributed by atoms with E-state index in [1.807, 2.05) is 24.3 Å². The summed E-state index contributed by atoms with van der Waals surface area (Å²) >= 11 is 0. The summed E-state index contributed by atoms with van der Waals surface area (Å²) < 4.78 is 18.7. The fraction of sp³-hybridized carbons (Fsp3) is 0.235. The highest BCUT2D eigenvalue weighted by Gasteiger charge is 2.22. The predicted octanol–water partition coefficient (Wildman–Crippen LogP) is 3.01. The number of rotatable bonds is 3. The van der Waals surface area contributed by atoms with E-state index in [0.29, 0.717) is 12.2 Å². The van der Waals surface area contributed by atoms with Gasteiger partial charge in [-0.3, -0.25) is 4.79 Å². The number of hydrogen-bond acceptors (Lipinski definition) is 2. The minimum Gasteiger partial charge on any atom is -0.493 e. The number of fused-ring (bicyclic) bond motifs is 1. The molecule has 2 aromatic carbocycles. The van der Waals surface area contributed by atoms with E-state index in [1.54, 1.807) is 12.1 Å². The van der Waals surface area contributed by atoms with Crippen molar-refractivity contribution >= 4 is 5.91 Å². The lowest BCUT2D eigenvalue weighted by atomic mass is 10.00. The van der Waals surface area contributed by atoms with Gasteiger partial charge in [-0.15, -0.1) is 0 Å². The van der Waals surface area contributed by atoms with E-state index in [1.165, 1.54) is 12.1 Å². The van der Waals surface area contributed by atoms with Crippen LogP contribution in [0.25, 0.3) is 0 Å². The van der Waals surface area contributed by atoms with Gasteiger partial charge < -0.3 is 10.1 Å². The smallest absolute Gasteiger partial charge is 0.224 e. The van der Waals surface area contributed by atoms with Gasteiger partial charge in [0.05, 0.1) is 19.1 Å². The maximum Gasteiger partial charge on any atom is 0.224 e. The minimum atomic E-state index is -0.322. The first-order valence-electron chi connectivity index (χ1n) is 6.98. The SMILES string of the molecule is O=C(Cc1cccc(F)c1)N[C@H]1CCOc2ccccc21. The first kappa shape index (κ1) is 13.6. The molecular formula is C17H16FNO2. The van der Waals surface area contributed by atoms with Crippen LogP contribution >= 0.6 is 0 Å². The zero-order valence-corrected chi connectivity index (χ0v) is 11.5. The summed E-state index contributed by atoms with van der Waals surface area (Å²) in [6, 6.07) is 13.8. The summed E-state index contributed by atoms with van der Waals surface area (Å²) in [5.41, 5.74) is 1.67. The molecule has 0 saturated heterocycles. The zero-order chi connectivity index (χ0) is 14.7. The molecule has 3 rings (SSSR count). The van der Waals surface area contributed by atoms with E-state index in [4.69, 9.17) is 4.74 Å². The Kier molecular flexibility index (Phi) is 3.86. The second kappa shape index (κ2) is 5.95. The standard InChI is InChI=1S/C17H16FNO2/c18-13-5-3-4-12(10-13)11-17(20)19-15-8-9-21-16-7-2-1-6-14(15)16/h1-7,10,15H,8-9,11H2,(H,19,20)/t15-/m0/s1. The Morgan fingerprint density at radius 2 is 2.10 bits per heavy atom. The van der Waals surface area contributed by atoms with Crippen molar-refractivity contribution in [3.8, 4) is 5.75 Å². The Morgan fingerprint density at radius 3 is 2.95 bits per heavy atom. The Hall–Kier alpha value is -2.36. The fourth-order valence-electron chi connectivity index (χ4n) is 2.57. The van der Waals surface area contributed by atoms with Crippen molar-refractivity contribution in [2.75, 3.05) is 6.61 Å². The highest BCUT2D eigenvalue weighted by Crippen LogP contribution is 2.31. The molecule has 0 aromatic heterocycles. The average Bonchev–Trinajstić information content (AvgIpc) is 2.47. The van der Waals surface area contributed by atoms with Crippen LogP contribution in [0.4, 0.5) is 4.39 Å². The molecule has 0 unspecified atom stereocenters. The molecule has 1 aliphatic heterocycles. The molecule has 108 valence electrons. The Bertz CT molecular complexity index is 657. The number of carbonyl (C=O) groups excluding carboxylic acids is 1. The molecule has 0 aliphatic carbocycles. The van der Waals surface area contributed by atoms with Gasteiger partial charge in [0, 0.05) is 12.0 Å². The molecular weight excluding hydrogens is 269 g/mol. The van der Waals surface area contributed by atoms with Crippen LogP contribution in [-0.2, 0) is 11.2 Å². The van der Waals surface area contributed by atoms with E-state index < -0.39 is 0 Å². The third-order valence-corrected chi connectivity index (χ3v) is 3.55. The largest absolute Gasteiger partial charge is 0.493 e. The number of amides is 1. The van der Waals surface area contributed by atoms with Crippen molar-refractivity contribution in [3.63, 3.8) is 0 Å². The van der Waals surface area contributed by atoms with Crippen LogP contribution in [0.2, 0.25) is 0 Å². The van der Waals surface area contributed by atoms with E-state index >= 15 is 0 Å². The van der Waals surface area contributed by atoms with Crippen LogP contribution in [0.5, 0.6) is 5.75 Å². The number of carbonyl (C=O) groups is 1. The van der Waals surface area contributed by atoms with Gasteiger partial charge in [0.15, 0.2) is 0 Å². The lowest BCUT2D eigenvalue weighted by Gasteiger charge is -2.26. The van der Waals surface area contributed by atoms with Gasteiger partial charge in [-0.1, -0.05) is 30.3 Å². The predicted molar refractivity (Wildman–Crippen MR) is 77.5 cm³/mol. The molecule has 0 fully saturated rings. The van der Waals surface area contributed by atoms with Gasteiger partial charge in [0.2, 0.25) is 5.91 Å². The molecule has 1 aliphatic rings. The molecule has 0 bridgehead atoms. The van der Waals surface area contributed by atoms with E-state index in [-0.39, 0.29) is 24.2 Å². The van der Waals surface area contributed by atoms with Crippen molar-refractivity contribution in [1.29, 1.82) is 0 Å². The molecule has 4 heteroatoms. The molecule has 0 spiro atoms. The summed E-state index contributed by atoms with van der Waals surface area (Å²) in [4.78, 5) is 12.1. The highest BCUT2D eigenvalue weighted by molar-refractivity contribution is 5.79. The Morgan fingerprint density at radius 1 is 1.24 bits per heavy atom. The van der Waals surface area contributed by atoms with Gasteiger partial charge >= 0.3 is 0 Å². The van der Waals surface area contributed by atoms with Crippen molar-refractivity contribution < 1.29 is 13.9 Å². The number of nitrogens with one attached hydrogen (secondary N) is 1. The number of halogens is 1. The molecule has 1 atom stereocenters. The molecule has 1 heterocycles. The van der Waals surface area contributed by atoms with Gasteiger partial charge in [0.1, 0.15) is 11.6 Å². The Labute approximate surface area is 122 Å². The second-order valence-corrected chi connectivity index (χ2v) is 5.10. The Balaban J connectivity index is 1.68. The molecule has 2 aromatic rings. The lowest BCUT2D eigenvalue weighted by Crippen LogP contribution is -2.33. The summed E-state index contributed by atoms with van der Waals surface area (Å²) in [7, 11) is 0. The topological polar surface area (TPSA) is 38.3 Å².